The summed E-state index contributed by atoms with van der Waals surface area (Å²) in [7, 11) is 0. The van der Waals surface area contributed by atoms with Gasteiger partial charge in [0.15, 0.2) is 0 Å². The summed E-state index contributed by atoms with van der Waals surface area (Å²) < 4.78 is 0. The number of nitrogens with zero attached hydrogens (tertiary/aromatic N) is 2. The second-order valence-electron chi connectivity index (χ2n) is 5.17. The number of aromatic nitrogens is 3. The quantitative estimate of drug-likeness (QED) is 0.805. The number of hydrogen-bond donors (Lipinski definition) is 2. The highest BCUT2D eigenvalue weighted by Gasteiger charge is 2.27. The topological polar surface area (TPSA) is 70.7 Å². The number of carbonyl (C=O) groups excluding carboxylic acids is 1. The number of benzene rings is 1. The van der Waals surface area contributed by atoms with Crippen LogP contribution in [-0.2, 0) is 11.2 Å². The van der Waals surface area contributed by atoms with Gasteiger partial charge in [-0.1, -0.05) is 30.8 Å². The van der Waals surface area contributed by atoms with E-state index in [1.54, 1.807) is 0 Å². The first kappa shape index (κ1) is 14.1. The number of thioether (sulfide) groups is 1. The number of carbonyl (C=O) groups is 1. The fourth-order valence-electron chi connectivity index (χ4n) is 2.06. The van der Waals surface area contributed by atoms with Crippen LogP contribution in [0.3, 0.4) is 0 Å². The van der Waals surface area contributed by atoms with Crippen molar-refractivity contribution < 1.29 is 4.79 Å². The maximum absolute atomic E-state index is 11.9. The monoisotopic (exact) mass is 302 g/mol. The fourth-order valence-corrected chi connectivity index (χ4v) is 2.66. The number of anilines is 1. The van der Waals surface area contributed by atoms with E-state index < -0.39 is 0 Å². The molecule has 0 saturated heterocycles. The third kappa shape index (κ3) is 3.85. The highest BCUT2D eigenvalue weighted by atomic mass is 32.2. The molecule has 6 heteroatoms. The highest BCUT2D eigenvalue weighted by molar-refractivity contribution is 7.99. The summed E-state index contributed by atoms with van der Waals surface area (Å²) in [6.07, 6.45) is 3.33. The minimum absolute atomic E-state index is 0.0361. The molecule has 5 nitrogen and oxygen atoms in total. The van der Waals surface area contributed by atoms with Crippen LogP contribution in [0.25, 0.3) is 0 Å². The largest absolute Gasteiger partial charge is 0.325 e. The Morgan fingerprint density at radius 1 is 1.48 bits per heavy atom. The van der Waals surface area contributed by atoms with Crippen LogP contribution in [0, 0.1) is 0 Å². The molecular weight excluding hydrogens is 284 g/mol. The molecule has 110 valence electrons. The predicted octanol–water partition coefficient (Wildman–Crippen LogP) is 2.98. The number of nitrogens with one attached hydrogen (secondary N) is 2. The van der Waals surface area contributed by atoms with Gasteiger partial charge in [0.2, 0.25) is 11.1 Å². The van der Waals surface area contributed by atoms with E-state index in [2.05, 4.69) is 33.5 Å². The van der Waals surface area contributed by atoms with Gasteiger partial charge in [0.1, 0.15) is 5.82 Å². The van der Waals surface area contributed by atoms with Gasteiger partial charge in [0, 0.05) is 11.6 Å². The molecule has 1 amide bonds. The van der Waals surface area contributed by atoms with Gasteiger partial charge in [-0.3, -0.25) is 9.89 Å². The van der Waals surface area contributed by atoms with Crippen LogP contribution in [0.5, 0.6) is 0 Å². The first-order valence-corrected chi connectivity index (χ1v) is 8.17. The summed E-state index contributed by atoms with van der Waals surface area (Å²) in [6, 6.07) is 7.91. The van der Waals surface area contributed by atoms with Gasteiger partial charge in [0.25, 0.3) is 0 Å². The molecule has 1 saturated carbocycles. The molecular formula is C15H18N4OS. The van der Waals surface area contributed by atoms with E-state index in [1.165, 1.54) is 30.2 Å². The lowest BCUT2D eigenvalue weighted by molar-refractivity contribution is -0.113. The Bertz CT molecular complexity index is 636. The van der Waals surface area contributed by atoms with Gasteiger partial charge in [0.05, 0.1) is 5.75 Å². The van der Waals surface area contributed by atoms with Crippen LogP contribution >= 0.6 is 11.8 Å². The number of H-pyrrole nitrogens is 1. The Morgan fingerprint density at radius 3 is 3.10 bits per heavy atom. The van der Waals surface area contributed by atoms with Crippen LogP contribution in [0.1, 0.15) is 37.1 Å². The van der Waals surface area contributed by atoms with Crippen molar-refractivity contribution in [1.82, 2.24) is 15.2 Å². The lowest BCUT2D eigenvalue weighted by Gasteiger charge is -2.05. The smallest absolute Gasteiger partial charge is 0.234 e. The van der Waals surface area contributed by atoms with Crippen molar-refractivity contribution in [2.75, 3.05) is 11.1 Å². The molecule has 1 aromatic carbocycles. The molecule has 1 fully saturated rings. The van der Waals surface area contributed by atoms with Gasteiger partial charge >= 0.3 is 0 Å². The summed E-state index contributed by atoms with van der Waals surface area (Å²) in [5.41, 5.74) is 2.05. The average molecular weight is 302 g/mol. The van der Waals surface area contributed by atoms with Crippen LogP contribution in [-0.4, -0.2) is 26.8 Å². The van der Waals surface area contributed by atoms with Crippen molar-refractivity contribution in [2.45, 2.75) is 37.3 Å². The molecule has 1 aliphatic carbocycles. The fraction of sp³-hybridized carbons (Fsp3) is 0.400. The molecule has 1 aromatic heterocycles. The SMILES string of the molecule is CCc1cccc(NC(=O)CSc2n[nH]c(C3CC3)n2)c1. The van der Waals surface area contributed by atoms with E-state index in [0.717, 1.165) is 17.9 Å². The second kappa shape index (κ2) is 6.30. The zero-order valence-corrected chi connectivity index (χ0v) is 12.7. The number of amides is 1. The van der Waals surface area contributed by atoms with Crippen LogP contribution in [0.15, 0.2) is 29.4 Å². The lowest BCUT2D eigenvalue weighted by atomic mass is 10.1. The van der Waals surface area contributed by atoms with E-state index in [9.17, 15) is 4.79 Å². The molecule has 2 aromatic rings. The molecule has 3 rings (SSSR count). The summed E-state index contributed by atoms with van der Waals surface area (Å²) in [4.78, 5) is 16.3. The normalized spacial score (nSPS) is 14.1. The van der Waals surface area contributed by atoms with E-state index in [4.69, 9.17) is 0 Å². The first-order valence-electron chi connectivity index (χ1n) is 7.18. The molecule has 0 atom stereocenters. The lowest BCUT2D eigenvalue weighted by Crippen LogP contribution is -2.14. The minimum Gasteiger partial charge on any atom is -0.325 e. The number of hydrogen-bond acceptors (Lipinski definition) is 4. The van der Waals surface area contributed by atoms with Crippen molar-refractivity contribution in [3.8, 4) is 0 Å². The minimum atomic E-state index is -0.0361. The third-order valence-electron chi connectivity index (χ3n) is 3.40. The summed E-state index contributed by atoms with van der Waals surface area (Å²) in [5, 5.41) is 10.6. The molecule has 2 N–H and O–H groups in total. The zero-order chi connectivity index (χ0) is 14.7. The molecule has 0 aliphatic heterocycles. The van der Waals surface area contributed by atoms with Crippen molar-refractivity contribution in [3.63, 3.8) is 0 Å². The van der Waals surface area contributed by atoms with Crippen LogP contribution < -0.4 is 5.32 Å². The van der Waals surface area contributed by atoms with Crippen LogP contribution in [0.2, 0.25) is 0 Å². The second-order valence-corrected chi connectivity index (χ2v) is 6.11. The predicted molar refractivity (Wildman–Crippen MR) is 83.5 cm³/mol. The van der Waals surface area contributed by atoms with Gasteiger partial charge < -0.3 is 5.32 Å². The molecule has 0 spiro atoms. The number of aryl methyl sites for hydroxylation is 1. The summed E-state index contributed by atoms with van der Waals surface area (Å²) in [6.45, 7) is 2.09. The summed E-state index contributed by atoms with van der Waals surface area (Å²) >= 11 is 1.36. The van der Waals surface area contributed by atoms with Gasteiger partial charge in [-0.2, -0.15) is 0 Å². The Morgan fingerprint density at radius 2 is 2.33 bits per heavy atom. The van der Waals surface area contributed by atoms with E-state index in [-0.39, 0.29) is 5.91 Å². The Hall–Kier alpha value is -1.82. The van der Waals surface area contributed by atoms with Crippen LogP contribution in [0.4, 0.5) is 5.69 Å². The molecule has 1 aliphatic rings. The van der Waals surface area contributed by atoms with Gasteiger partial charge in [-0.05, 0) is 37.0 Å². The molecule has 0 radical (unpaired) electrons. The maximum Gasteiger partial charge on any atom is 0.234 e. The van der Waals surface area contributed by atoms with Crippen molar-refractivity contribution in [3.05, 3.63) is 35.7 Å². The van der Waals surface area contributed by atoms with E-state index >= 15 is 0 Å². The van der Waals surface area contributed by atoms with Crippen molar-refractivity contribution in [2.24, 2.45) is 0 Å². The molecule has 21 heavy (non-hydrogen) atoms. The Labute approximate surface area is 127 Å². The van der Waals surface area contributed by atoms with E-state index in [0.29, 0.717) is 16.8 Å². The van der Waals surface area contributed by atoms with Gasteiger partial charge in [-0.15, -0.1) is 5.10 Å². The van der Waals surface area contributed by atoms with E-state index in [1.807, 2.05) is 18.2 Å². The Kier molecular flexibility index (Phi) is 4.24. The highest BCUT2D eigenvalue weighted by Crippen LogP contribution is 2.38. The Balaban J connectivity index is 1.51. The standard InChI is InChI=1S/C15H18N4OS/c1-2-10-4-3-5-12(8-10)16-13(20)9-21-15-17-14(18-19-15)11-6-7-11/h3-5,8,11H,2,6-7,9H2,1H3,(H,16,20)(H,17,18,19). The molecule has 1 heterocycles. The number of rotatable bonds is 6. The van der Waals surface area contributed by atoms with Crippen molar-refractivity contribution in [1.29, 1.82) is 0 Å². The zero-order valence-electron chi connectivity index (χ0n) is 11.9. The summed E-state index contributed by atoms with van der Waals surface area (Å²) in [5.74, 6) is 1.79. The molecule has 0 unspecified atom stereocenters. The first-order chi connectivity index (χ1) is 10.2. The average Bonchev–Trinajstić information content (AvgIpc) is 3.24. The third-order valence-corrected chi connectivity index (χ3v) is 4.24. The molecule has 0 bridgehead atoms. The maximum atomic E-state index is 11.9. The number of aromatic amines is 1. The van der Waals surface area contributed by atoms with Crippen molar-refractivity contribution >= 4 is 23.4 Å². The van der Waals surface area contributed by atoms with Gasteiger partial charge in [-0.25, -0.2) is 4.98 Å².